The minimum Gasteiger partial charge on any atom is -0.409 e. The second-order valence-electron chi connectivity index (χ2n) is 4.77. The molecule has 0 radical (unpaired) electrons. The highest BCUT2D eigenvalue weighted by atomic mass is 16.4. The van der Waals surface area contributed by atoms with Crippen LogP contribution in [0.4, 0.5) is 5.69 Å². The van der Waals surface area contributed by atoms with Gasteiger partial charge in [0.2, 0.25) is 0 Å². The standard InChI is InChI=1S/C13H21N3O/c1-13(2,12(14)16-17)9-6-10-15-11-7-4-3-5-8-11/h3-5,7-8,15,17H,6,9-10H2,1-2H3,(H2,14,16). The normalized spacial score (nSPS) is 12.5. The van der Waals surface area contributed by atoms with Crippen molar-refractivity contribution in [1.82, 2.24) is 0 Å². The summed E-state index contributed by atoms with van der Waals surface area (Å²) >= 11 is 0. The number of oxime groups is 1. The van der Waals surface area contributed by atoms with Gasteiger partial charge in [0.15, 0.2) is 0 Å². The van der Waals surface area contributed by atoms with E-state index in [4.69, 9.17) is 10.9 Å². The monoisotopic (exact) mass is 235 g/mol. The zero-order valence-electron chi connectivity index (χ0n) is 10.5. The van der Waals surface area contributed by atoms with E-state index in [0.717, 1.165) is 25.1 Å². The Balaban J connectivity index is 2.29. The van der Waals surface area contributed by atoms with Crippen LogP contribution in [0.5, 0.6) is 0 Å². The largest absolute Gasteiger partial charge is 0.409 e. The Kier molecular flexibility index (Phi) is 4.82. The van der Waals surface area contributed by atoms with Crippen molar-refractivity contribution in [3.8, 4) is 0 Å². The minimum atomic E-state index is -0.257. The van der Waals surface area contributed by atoms with Gasteiger partial charge >= 0.3 is 0 Å². The van der Waals surface area contributed by atoms with Crippen molar-refractivity contribution in [3.63, 3.8) is 0 Å². The van der Waals surface area contributed by atoms with Crippen molar-refractivity contribution in [2.24, 2.45) is 16.3 Å². The maximum absolute atomic E-state index is 8.65. The lowest BCUT2D eigenvalue weighted by atomic mass is 9.86. The fourth-order valence-corrected chi connectivity index (χ4v) is 1.58. The number of nitrogens with two attached hydrogens (primary N) is 1. The average molecular weight is 235 g/mol. The number of nitrogens with one attached hydrogen (secondary N) is 1. The number of hydrogen-bond acceptors (Lipinski definition) is 3. The average Bonchev–Trinajstić information content (AvgIpc) is 2.35. The molecule has 0 aliphatic heterocycles. The van der Waals surface area contributed by atoms with Gasteiger partial charge in [-0.05, 0) is 25.0 Å². The van der Waals surface area contributed by atoms with Gasteiger partial charge in [0.05, 0.1) is 0 Å². The highest BCUT2D eigenvalue weighted by molar-refractivity contribution is 5.85. The Bertz CT molecular complexity index is 360. The number of nitrogens with zero attached hydrogens (tertiary/aromatic N) is 1. The molecule has 0 aliphatic carbocycles. The van der Waals surface area contributed by atoms with Crippen LogP contribution in [0, 0.1) is 5.41 Å². The Morgan fingerprint density at radius 3 is 2.59 bits per heavy atom. The zero-order valence-corrected chi connectivity index (χ0v) is 10.5. The molecule has 0 spiro atoms. The van der Waals surface area contributed by atoms with Crippen LogP contribution in [-0.4, -0.2) is 17.6 Å². The molecule has 0 saturated carbocycles. The van der Waals surface area contributed by atoms with E-state index < -0.39 is 0 Å². The summed E-state index contributed by atoms with van der Waals surface area (Å²) in [6.07, 6.45) is 1.85. The van der Waals surface area contributed by atoms with Crippen molar-refractivity contribution < 1.29 is 5.21 Å². The number of benzene rings is 1. The van der Waals surface area contributed by atoms with Crippen LogP contribution in [0.1, 0.15) is 26.7 Å². The Morgan fingerprint density at radius 1 is 1.35 bits per heavy atom. The molecule has 1 aromatic carbocycles. The summed E-state index contributed by atoms with van der Waals surface area (Å²) in [5.74, 6) is 0.289. The van der Waals surface area contributed by atoms with Crippen LogP contribution in [0.25, 0.3) is 0 Å². The van der Waals surface area contributed by atoms with Crippen molar-refractivity contribution in [2.75, 3.05) is 11.9 Å². The zero-order chi connectivity index (χ0) is 12.7. The third-order valence-electron chi connectivity index (χ3n) is 2.88. The smallest absolute Gasteiger partial charge is 0.144 e. The van der Waals surface area contributed by atoms with E-state index in [2.05, 4.69) is 10.5 Å². The van der Waals surface area contributed by atoms with Crippen LogP contribution < -0.4 is 11.1 Å². The third kappa shape index (κ3) is 4.34. The fraction of sp³-hybridized carbons (Fsp3) is 0.462. The Hall–Kier alpha value is -1.71. The summed E-state index contributed by atoms with van der Waals surface area (Å²) in [5, 5.41) is 15.1. The van der Waals surface area contributed by atoms with Crippen molar-refractivity contribution in [1.29, 1.82) is 0 Å². The first-order chi connectivity index (χ1) is 8.06. The molecule has 0 fully saturated rings. The van der Waals surface area contributed by atoms with E-state index >= 15 is 0 Å². The van der Waals surface area contributed by atoms with Crippen LogP contribution >= 0.6 is 0 Å². The highest BCUT2D eigenvalue weighted by Crippen LogP contribution is 2.22. The molecule has 4 heteroatoms. The number of para-hydroxylation sites is 1. The van der Waals surface area contributed by atoms with Gasteiger partial charge in [-0.15, -0.1) is 0 Å². The van der Waals surface area contributed by atoms with E-state index in [1.165, 1.54) is 0 Å². The summed E-state index contributed by atoms with van der Waals surface area (Å²) < 4.78 is 0. The van der Waals surface area contributed by atoms with E-state index in [1.807, 2.05) is 44.2 Å². The van der Waals surface area contributed by atoms with Gasteiger partial charge in [-0.25, -0.2) is 0 Å². The SMILES string of the molecule is CC(C)(CCCNc1ccccc1)C(N)=NO. The van der Waals surface area contributed by atoms with Crippen LogP contribution in [0.3, 0.4) is 0 Å². The van der Waals surface area contributed by atoms with Gasteiger partial charge in [0.25, 0.3) is 0 Å². The molecule has 0 atom stereocenters. The predicted molar refractivity (Wildman–Crippen MR) is 71.4 cm³/mol. The highest BCUT2D eigenvalue weighted by Gasteiger charge is 2.22. The van der Waals surface area contributed by atoms with Gasteiger partial charge < -0.3 is 16.3 Å². The molecular weight excluding hydrogens is 214 g/mol. The van der Waals surface area contributed by atoms with Crippen LogP contribution in [0.15, 0.2) is 35.5 Å². The number of amidine groups is 1. The quantitative estimate of drug-likeness (QED) is 0.233. The molecule has 17 heavy (non-hydrogen) atoms. The molecule has 0 heterocycles. The molecular formula is C13H21N3O. The Morgan fingerprint density at radius 2 is 2.00 bits per heavy atom. The molecule has 0 bridgehead atoms. The summed E-state index contributed by atoms with van der Waals surface area (Å²) in [6.45, 7) is 4.83. The topological polar surface area (TPSA) is 70.6 Å². The van der Waals surface area contributed by atoms with E-state index in [-0.39, 0.29) is 11.3 Å². The molecule has 0 aromatic heterocycles. The van der Waals surface area contributed by atoms with E-state index in [9.17, 15) is 0 Å². The molecule has 0 saturated heterocycles. The Labute approximate surface area is 103 Å². The van der Waals surface area contributed by atoms with E-state index in [0.29, 0.717) is 0 Å². The molecule has 4 nitrogen and oxygen atoms in total. The molecule has 0 amide bonds. The van der Waals surface area contributed by atoms with Gasteiger partial charge in [-0.1, -0.05) is 37.2 Å². The minimum absolute atomic E-state index is 0.257. The second-order valence-corrected chi connectivity index (χ2v) is 4.77. The first-order valence-corrected chi connectivity index (χ1v) is 5.83. The maximum Gasteiger partial charge on any atom is 0.144 e. The van der Waals surface area contributed by atoms with E-state index in [1.54, 1.807) is 0 Å². The van der Waals surface area contributed by atoms with Gasteiger partial charge in [-0.2, -0.15) is 0 Å². The molecule has 4 N–H and O–H groups in total. The predicted octanol–water partition coefficient (Wildman–Crippen LogP) is 2.65. The summed E-state index contributed by atoms with van der Waals surface area (Å²) in [5.41, 5.74) is 6.49. The maximum atomic E-state index is 8.65. The summed E-state index contributed by atoms with van der Waals surface area (Å²) in [4.78, 5) is 0. The lowest BCUT2D eigenvalue weighted by Gasteiger charge is -2.22. The molecule has 1 aromatic rings. The molecule has 1 rings (SSSR count). The lowest BCUT2D eigenvalue weighted by Crippen LogP contribution is -2.32. The lowest BCUT2D eigenvalue weighted by molar-refractivity contribution is 0.305. The number of hydrogen-bond donors (Lipinski definition) is 3. The van der Waals surface area contributed by atoms with Crippen LogP contribution in [0.2, 0.25) is 0 Å². The third-order valence-corrected chi connectivity index (χ3v) is 2.88. The van der Waals surface area contributed by atoms with Gasteiger partial charge in [0.1, 0.15) is 5.84 Å². The molecule has 0 aliphatic rings. The van der Waals surface area contributed by atoms with Crippen molar-refractivity contribution in [3.05, 3.63) is 30.3 Å². The fourth-order valence-electron chi connectivity index (χ4n) is 1.58. The van der Waals surface area contributed by atoms with Crippen molar-refractivity contribution in [2.45, 2.75) is 26.7 Å². The second kappa shape index (κ2) is 6.13. The van der Waals surface area contributed by atoms with Crippen molar-refractivity contribution >= 4 is 11.5 Å². The summed E-state index contributed by atoms with van der Waals surface area (Å²) in [7, 11) is 0. The number of anilines is 1. The van der Waals surface area contributed by atoms with Gasteiger partial charge in [-0.3, -0.25) is 0 Å². The van der Waals surface area contributed by atoms with Gasteiger partial charge in [0, 0.05) is 17.6 Å². The number of rotatable bonds is 6. The molecule has 0 unspecified atom stereocenters. The summed E-state index contributed by atoms with van der Waals surface area (Å²) in [6, 6.07) is 10.1. The van der Waals surface area contributed by atoms with Crippen LogP contribution in [-0.2, 0) is 0 Å². The molecule has 94 valence electrons. The first-order valence-electron chi connectivity index (χ1n) is 5.83. The first kappa shape index (κ1) is 13.4.